The van der Waals surface area contributed by atoms with E-state index in [1.165, 1.54) is 71.6 Å². The van der Waals surface area contributed by atoms with Gasteiger partial charge in [0.15, 0.2) is 5.82 Å². The molecule has 2 nitrogen and oxygen atoms in total. The van der Waals surface area contributed by atoms with Crippen LogP contribution in [0.25, 0.3) is 111 Å². The number of benzene rings is 10. The third-order valence-corrected chi connectivity index (χ3v) is 13.5. The molecule has 0 unspecified atom stereocenters. The summed E-state index contributed by atoms with van der Waals surface area (Å²) in [6.45, 7) is 4.75. The molecule has 0 amide bonds. The van der Waals surface area contributed by atoms with Crippen molar-refractivity contribution in [2.45, 2.75) is 19.3 Å². The number of nitrogens with zero attached hydrogens (tertiary/aromatic N) is 2. The summed E-state index contributed by atoms with van der Waals surface area (Å²) >= 11 is 0. The van der Waals surface area contributed by atoms with E-state index in [0.717, 1.165) is 44.8 Å². The van der Waals surface area contributed by atoms with Gasteiger partial charge in [0.1, 0.15) is 0 Å². The first-order valence-electron chi connectivity index (χ1n) is 22.5. The quantitative estimate of drug-likeness (QED) is 0.160. The lowest BCUT2D eigenvalue weighted by Gasteiger charge is -2.22. The Hall–Kier alpha value is -8.20. The molecule has 1 aliphatic rings. The second-order valence-corrected chi connectivity index (χ2v) is 17.7. The molecule has 65 heavy (non-hydrogen) atoms. The van der Waals surface area contributed by atoms with E-state index in [1.54, 1.807) is 0 Å². The van der Waals surface area contributed by atoms with Crippen LogP contribution in [-0.2, 0) is 5.41 Å². The Bertz CT molecular complexity index is 3600. The number of fused-ring (bicyclic) bond motifs is 5. The summed E-state index contributed by atoms with van der Waals surface area (Å²) in [6.07, 6.45) is 0. The predicted octanol–water partition coefficient (Wildman–Crippen LogP) is 16.8. The lowest BCUT2D eigenvalue weighted by molar-refractivity contribution is 0.661. The summed E-state index contributed by atoms with van der Waals surface area (Å²) in [4.78, 5) is 10.7. The van der Waals surface area contributed by atoms with Gasteiger partial charge in [-0.15, -0.1) is 0 Å². The zero-order valence-corrected chi connectivity index (χ0v) is 36.3. The van der Waals surface area contributed by atoms with E-state index in [2.05, 4.69) is 238 Å². The summed E-state index contributed by atoms with van der Waals surface area (Å²) < 4.78 is 0. The Balaban J connectivity index is 1.01. The van der Waals surface area contributed by atoms with E-state index in [0.29, 0.717) is 5.82 Å². The van der Waals surface area contributed by atoms with Crippen LogP contribution in [0.15, 0.2) is 231 Å². The van der Waals surface area contributed by atoms with Gasteiger partial charge in [-0.2, -0.15) is 0 Å². The number of rotatable bonds is 7. The Morgan fingerprint density at radius 3 is 1.43 bits per heavy atom. The van der Waals surface area contributed by atoms with E-state index in [4.69, 9.17) is 9.97 Å². The van der Waals surface area contributed by atoms with Gasteiger partial charge in [0, 0.05) is 22.1 Å². The molecule has 0 spiro atoms. The van der Waals surface area contributed by atoms with E-state index < -0.39 is 0 Å². The van der Waals surface area contributed by atoms with Crippen molar-refractivity contribution >= 4 is 21.5 Å². The molecule has 0 bridgehead atoms. The van der Waals surface area contributed by atoms with Gasteiger partial charge in [0.2, 0.25) is 0 Å². The largest absolute Gasteiger partial charge is 0.228 e. The van der Waals surface area contributed by atoms with Crippen molar-refractivity contribution in [1.29, 1.82) is 0 Å². The maximum absolute atomic E-state index is 5.36. The second kappa shape index (κ2) is 15.6. The van der Waals surface area contributed by atoms with Gasteiger partial charge in [-0.25, -0.2) is 9.97 Å². The number of hydrogen-bond donors (Lipinski definition) is 0. The minimum absolute atomic E-state index is 0.123. The molecule has 0 saturated carbocycles. The number of hydrogen-bond acceptors (Lipinski definition) is 2. The van der Waals surface area contributed by atoms with Crippen molar-refractivity contribution in [2.24, 2.45) is 0 Å². The summed E-state index contributed by atoms with van der Waals surface area (Å²) in [5.41, 5.74) is 19.6. The van der Waals surface area contributed by atoms with Crippen LogP contribution in [0.5, 0.6) is 0 Å². The van der Waals surface area contributed by atoms with Gasteiger partial charge in [0.05, 0.1) is 11.4 Å². The van der Waals surface area contributed by atoms with Crippen molar-refractivity contribution in [2.75, 3.05) is 0 Å². The average Bonchev–Trinajstić information content (AvgIpc) is 3.60. The molecular formula is C63H44N2. The molecule has 12 rings (SSSR count). The molecule has 2 heteroatoms. The highest BCUT2D eigenvalue weighted by Crippen LogP contribution is 2.54. The molecule has 1 heterocycles. The minimum Gasteiger partial charge on any atom is -0.228 e. The fourth-order valence-electron chi connectivity index (χ4n) is 10.3. The van der Waals surface area contributed by atoms with Gasteiger partial charge in [-0.1, -0.05) is 226 Å². The smallest absolute Gasteiger partial charge is 0.160 e. The van der Waals surface area contributed by atoms with Crippen LogP contribution < -0.4 is 0 Å². The molecule has 1 aliphatic carbocycles. The van der Waals surface area contributed by atoms with Crippen LogP contribution in [0.2, 0.25) is 0 Å². The molecule has 0 saturated heterocycles. The monoisotopic (exact) mass is 828 g/mol. The van der Waals surface area contributed by atoms with Crippen molar-refractivity contribution < 1.29 is 0 Å². The zero-order valence-electron chi connectivity index (χ0n) is 36.3. The molecule has 1 aromatic heterocycles. The number of aromatic nitrogens is 2. The van der Waals surface area contributed by atoms with Crippen LogP contribution in [-0.4, -0.2) is 9.97 Å². The molecular weight excluding hydrogens is 785 g/mol. The fourth-order valence-corrected chi connectivity index (χ4v) is 10.3. The highest BCUT2D eigenvalue weighted by molar-refractivity contribution is 6.10. The molecule has 0 N–H and O–H groups in total. The molecule has 11 aromatic rings. The lowest BCUT2D eigenvalue weighted by atomic mass is 9.81. The zero-order chi connectivity index (χ0) is 43.5. The van der Waals surface area contributed by atoms with E-state index in [9.17, 15) is 0 Å². The normalized spacial score (nSPS) is 12.6. The minimum atomic E-state index is -0.123. The van der Waals surface area contributed by atoms with Crippen LogP contribution in [0.4, 0.5) is 0 Å². The van der Waals surface area contributed by atoms with E-state index >= 15 is 0 Å². The Morgan fingerprint density at radius 1 is 0.292 bits per heavy atom. The summed E-state index contributed by atoms with van der Waals surface area (Å²) in [7, 11) is 0. The molecule has 0 atom stereocenters. The molecule has 10 aromatic carbocycles. The van der Waals surface area contributed by atoms with Gasteiger partial charge in [-0.05, 0) is 107 Å². The fraction of sp³-hybridized carbons (Fsp3) is 0.0476. The molecule has 0 fully saturated rings. The lowest BCUT2D eigenvalue weighted by Crippen LogP contribution is -2.14. The third-order valence-electron chi connectivity index (χ3n) is 13.5. The molecule has 306 valence electrons. The van der Waals surface area contributed by atoms with E-state index in [1.807, 2.05) is 6.07 Å². The Labute approximate surface area is 380 Å². The maximum atomic E-state index is 5.36. The van der Waals surface area contributed by atoms with Gasteiger partial charge in [0.25, 0.3) is 0 Å². The molecule has 0 radical (unpaired) electrons. The van der Waals surface area contributed by atoms with Gasteiger partial charge >= 0.3 is 0 Å². The topological polar surface area (TPSA) is 25.8 Å². The highest BCUT2D eigenvalue weighted by atomic mass is 14.9. The SMILES string of the molecule is CC1(C)c2cc3ccccc3cc2-c2c(-c3ccc(-c4ccccc4-c4cc(-c5ccccc5-c5ccc(-c6ccccc6)cc5)nc(-c5ccccc5)n4)c4ccccc34)cccc21. The van der Waals surface area contributed by atoms with Crippen molar-refractivity contribution in [3.05, 3.63) is 242 Å². The van der Waals surface area contributed by atoms with Crippen LogP contribution in [0.1, 0.15) is 25.0 Å². The summed E-state index contributed by atoms with van der Waals surface area (Å²) in [5, 5.41) is 4.98. The van der Waals surface area contributed by atoms with Crippen molar-refractivity contribution in [1.82, 2.24) is 9.97 Å². The van der Waals surface area contributed by atoms with Crippen LogP contribution in [0, 0.1) is 0 Å². The molecule has 0 aliphatic heterocycles. The van der Waals surface area contributed by atoms with Crippen LogP contribution >= 0.6 is 0 Å². The Kier molecular flexibility index (Phi) is 9.21. The average molecular weight is 829 g/mol. The first-order chi connectivity index (χ1) is 32.0. The van der Waals surface area contributed by atoms with Crippen molar-refractivity contribution in [3.63, 3.8) is 0 Å². The van der Waals surface area contributed by atoms with Gasteiger partial charge in [-0.3, -0.25) is 0 Å². The third kappa shape index (κ3) is 6.57. The summed E-state index contributed by atoms with van der Waals surface area (Å²) in [5.74, 6) is 0.691. The second-order valence-electron chi connectivity index (χ2n) is 17.7. The first-order valence-corrected chi connectivity index (χ1v) is 22.5. The predicted molar refractivity (Wildman–Crippen MR) is 273 cm³/mol. The maximum Gasteiger partial charge on any atom is 0.160 e. The van der Waals surface area contributed by atoms with Crippen molar-refractivity contribution in [3.8, 4) is 89.5 Å². The standard InChI is InChI=1S/C63H44N2/c1-63(2)57-31-17-30-55(61(57)56-38-45-22-9-10-23-46(45)39-58(56)63)52-37-36-51(48-25-12-13-26-49(48)52)50-27-14-16-29-54(50)60-40-59(64-62(65-60)44-20-7-4-8-21-44)53-28-15-11-24-47(53)43-34-32-42(33-35-43)41-18-5-3-6-19-41/h3-40H,1-2H3. The van der Waals surface area contributed by atoms with E-state index in [-0.39, 0.29) is 5.41 Å². The highest BCUT2D eigenvalue weighted by Gasteiger charge is 2.37. The first kappa shape index (κ1) is 38.5. The van der Waals surface area contributed by atoms with Gasteiger partial charge < -0.3 is 0 Å². The summed E-state index contributed by atoms with van der Waals surface area (Å²) in [6, 6.07) is 83.2. The Morgan fingerprint density at radius 2 is 0.769 bits per heavy atom. The van der Waals surface area contributed by atoms with Crippen LogP contribution in [0.3, 0.4) is 0 Å².